The highest BCUT2D eigenvalue weighted by Gasteiger charge is 2.14. The highest BCUT2D eigenvalue weighted by molar-refractivity contribution is 5.75. The van der Waals surface area contributed by atoms with Crippen molar-refractivity contribution in [3.05, 3.63) is 59.9 Å². The minimum Gasteiger partial charge on any atom is -0.493 e. The minimum atomic E-state index is -0.957. The number of aliphatic hydroxyl groups is 1. The zero-order valence-corrected chi connectivity index (χ0v) is 15.0. The fraction of sp³-hybridized carbons (Fsp3) is 0.250. The van der Waals surface area contributed by atoms with Gasteiger partial charge in [0, 0.05) is 12.1 Å². The molecule has 0 saturated carbocycles. The molecule has 2 aromatic carbocycles. The third kappa shape index (κ3) is 4.25. The summed E-state index contributed by atoms with van der Waals surface area (Å²) < 4.78 is 39.3. The van der Waals surface area contributed by atoms with E-state index in [2.05, 4.69) is 4.98 Å². The molecule has 0 aliphatic heterocycles. The van der Waals surface area contributed by atoms with Gasteiger partial charge in [-0.05, 0) is 24.6 Å². The number of benzene rings is 2. The Balaban J connectivity index is 1.68. The molecule has 0 aliphatic carbocycles. The van der Waals surface area contributed by atoms with Crippen molar-refractivity contribution in [2.45, 2.75) is 19.6 Å². The van der Waals surface area contributed by atoms with Crippen molar-refractivity contribution < 1.29 is 23.4 Å². The van der Waals surface area contributed by atoms with E-state index in [0.717, 1.165) is 17.7 Å². The zero-order valence-electron chi connectivity index (χ0n) is 15.0. The van der Waals surface area contributed by atoms with Gasteiger partial charge in [0.1, 0.15) is 12.7 Å². The highest BCUT2D eigenvalue weighted by Crippen LogP contribution is 2.28. The zero-order chi connectivity index (χ0) is 19.4. The van der Waals surface area contributed by atoms with Crippen LogP contribution in [0.3, 0.4) is 0 Å². The SMILES string of the molecule is C/C=C/c1ccc(OCC(O)Cn2cnc3cc(F)c(F)cc32)c(OC)c1. The van der Waals surface area contributed by atoms with Crippen molar-refractivity contribution >= 4 is 17.1 Å². The summed E-state index contributed by atoms with van der Waals surface area (Å²) in [6.07, 6.45) is 4.41. The Morgan fingerprint density at radius 1 is 1.19 bits per heavy atom. The summed E-state index contributed by atoms with van der Waals surface area (Å²) in [6.45, 7) is 2.05. The molecule has 1 aromatic heterocycles. The molecular weight excluding hydrogens is 354 g/mol. The third-order valence-electron chi connectivity index (χ3n) is 4.05. The number of hydrogen-bond donors (Lipinski definition) is 1. The molecule has 0 amide bonds. The quantitative estimate of drug-likeness (QED) is 0.684. The largest absolute Gasteiger partial charge is 0.493 e. The van der Waals surface area contributed by atoms with Crippen LogP contribution in [0.4, 0.5) is 8.78 Å². The second-order valence-electron chi connectivity index (χ2n) is 6.03. The van der Waals surface area contributed by atoms with E-state index in [9.17, 15) is 13.9 Å². The van der Waals surface area contributed by atoms with Crippen molar-refractivity contribution in [1.29, 1.82) is 0 Å². The third-order valence-corrected chi connectivity index (χ3v) is 4.05. The first-order chi connectivity index (χ1) is 13.0. The van der Waals surface area contributed by atoms with Gasteiger partial charge in [-0.1, -0.05) is 18.2 Å². The highest BCUT2D eigenvalue weighted by atomic mass is 19.2. The van der Waals surface area contributed by atoms with Crippen molar-refractivity contribution in [3.8, 4) is 11.5 Å². The molecule has 3 aromatic rings. The first-order valence-electron chi connectivity index (χ1n) is 8.43. The number of methoxy groups -OCH3 is 1. The number of ether oxygens (including phenoxy) is 2. The van der Waals surface area contributed by atoms with Crippen molar-refractivity contribution in [2.24, 2.45) is 0 Å². The maximum Gasteiger partial charge on any atom is 0.161 e. The number of hydrogen-bond acceptors (Lipinski definition) is 4. The smallest absolute Gasteiger partial charge is 0.161 e. The Hall–Kier alpha value is -2.93. The second-order valence-corrected chi connectivity index (χ2v) is 6.03. The van der Waals surface area contributed by atoms with Gasteiger partial charge in [-0.15, -0.1) is 0 Å². The van der Waals surface area contributed by atoms with Crippen LogP contribution in [0, 0.1) is 11.6 Å². The maximum absolute atomic E-state index is 13.5. The van der Waals surface area contributed by atoms with Crippen molar-refractivity contribution in [2.75, 3.05) is 13.7 Å². The van der Waals surface area contributed by atoms with Crippen LogP contribution in [0.25, 0.3) is 17.1 Å². The number of halogens is 2. The monoisotopic (exact) mass is 374 g/mol. The molecular formula is C20H20F2N2O3. The van der Waals surface area contributed by atoms with Gasteiger partial charge in [-0.25, -0.2) is 13.8 Å². The Labute approximate surface area is 155 Å². The van der Waals surface area contributed by atoms with Crippen LogP contribution in [0.5, 0.6) is 11.5 Å². The van der Waals surface area contributed by atoms with Gasteiger partial charge in [0.05, 0.1) is 31.0 Å². The summed E-state index contributed by atoms with van der Waals surface area (Å²) in [5, 5.41) is 10.3. The molecule has 5 nitrogen and oxygen atoms in total. The lowest BCUT2D eigenvalue weighted by Gasteiger charge is -2.15. The Morgan fingerprint density at radius 2 is 1.96 bits per heavy atom. The molecule has 1 atom stereocenters. The van der Waals surface area contributed by atoms with Crippen LogP contribution < -0.4 is 9.47 Å². The Kier molecular flexibility index (Phi) is 5.71. The van der Waals surface area contributed by atoms with Crippen LogP contribution in [0.2, 0.25) is 0 Å². The van der Waals surface area contributed by atoms with E-state index in [1.54, 1.807) is 17.7 Å². The lowest BCUT2D eigenvalue weighted by Crippen LogP contribution is -2.23. The van der Waals surface area contributed by atoms with Crippen LogP contribution >= 0.6 is 0 Å². The van der Waals surface area contributed by atoms with E-state index in [4.69, 9.17) is 9.47 Å². The molecule has 0 spiro atoms. The standard InChI is InChI=1S/C20H20F2N2O3/c1-3-4-13-5-6-19(20(7-13)26-2)27-11-14(25)10-24-12-23-17-8-15(21)16(22)9-18(17)24/h3-9,12,14,25H,10-11H2,1-2H3/b4-3+. The summed E-state index contributed by atoms with van der Waals surface area (Å²) in [6, 6.07) is 7.58. The van der Waals surface area contributed by atoms with Gasteiger partial charge in [0.15, 0.2) is 23.1 Å². The molecule has 27 heavy (non-hydrogen) atoms. The lowest BCUT2D eigenvalue weighted by atomic mass is 10.2. The summed E-state index contributed by atoms with van der Waals surface area (Å²) in [5.74, 6) is -0.845. The topological polar surface area (TPSA) is 56.5 Å². The van der Waals surface area contributed by atoms with E-state index in [1.807, 2.05) is 31.2 Å². The van der Waals surface area contributed by atoms with Crippen LogP contribution in [-0.4, -0.2) is 34.5 Å². The summed E-state index contributed by atoms with van der Waals surface area (Å²) in [5.41, 5.74) is 1.70. The predicted molar refractivity (Wildman–Crippen MR) is 98.9 cm³/mol. The van der Waals surface area contributed by atoms with Gasteiger partial charge in [-0.3, -0.25) is 0 Å². The van der Waals surface area contributed by atoms with Crippen LogP contribution in [0.15, 0.2) is 42.7 Å². The molecule has 0 bridgehead atoms. The first-order valence-corrected chi connectivity index (χ1v) is 8.43. The molecule has 1 heterocycles. The van der Waals surface area contributed by atoms with E-state index in [1.165, 1.54) is 6.33 Å². The number of aromatic nitrogens is 2. The molecule has 142 valence electrons. The number of nitrogens with zero attached hydrogens (tertiary/aromatic N) is 2. The van der Waals surface area contributed by atoms with Gasteiger partial charge in [-0.2, -0.15) is 0 Å². The Morgan fingerprint density at radius 3 is 2.70 bits per heavy atom. The van der Waals surface area contributed by atoms with Gasteiger partial charge < -0.3 is 19.1 Å². The normalized spacial score (nSPS) is 12.6. The molecule has 1 N–H and O–H groups in total. The molecule has 0 radical (unpaired) electrons. The molecule has 0 aliphatic rings. The lowest BCUT2D eigenvalue weighted by molar-refractivity contribution is 0.0919. The molecule has 0 saturated heterocycles. The average molecular weight is 374 g/mol. The summed E-state index contributed by atoms with van der Waals surface area (Å²) >= 11 is 0. The predicted octanol–water partition coefficient (Wildman–Crippen LogP) is 3.80. The van der Waals surface area contributed by atoms with Gasteiger partial charge >= 0.3 is 0 Å². The molecule has 7 heteroatoms. The molecule has 1 unspecified atom stereocenters. The molecule has 0 fully saturated rings. The summed E-state index contributed by atoms with van der Waals surface area (Å²) in [7, 11) is 1.55. The van der Waals surface area contributed by atoms with Gasteiger partial charge in [0.25, 0.3) is 0 Å². The number of aliphatic hydroxyl groups excluding tert-OH is 1. The fourth-order valence-corrected chi connectivity index (χ4v) is 2.76. The van der Waals surface area contributed by atoms with E-state index in [0.29, 0.717) is 22.5 Å². The van der Waals surface area contributed by atoms with Crippen LogP contribution in [-0.2, 0) is 6.54 Å². The number of allylic oxidation sites excluding steroid dienone is 1. The van der Waals surface area contributed by atoms with Crippen molar-refractivity contribution in [3.63, 3.8) is 0 Å². The first kappa shape index (κ1) is 18.8. The number of rotatable bonds is 7. The maximum atomic E-state index is 13.5. The van der Waals surface area contributed by atoms with Crippen LogP contribution in [0.1, 0.15) is 12.5 Å². The van der Waals surface area contributed by atoms with E-state index >= 15 is 0 Å². The minimum absolute atomic E-state index is 0.00265. The fourth-order valence-electron chi connectivity index (χ4n) is 2.76. The van der Waals surface area contributed by atoms with Crippen molar-refractivity contribution in [1.82, 2.24) is 9.55 Å². The van der Waals surface area contributed by atoms with Gasteiger partial charge in [0.2, 0.25) is 0 Å². The van der Waals surface area contributed by atoms with E-state index < -0.39 is 17.7 Å². The number of fused-ring (bicyclic) bond motifs is 1. The Bertz CT molecular complexity index is 969. The average Bonchev–Trinajstić information content (AvgIpc) is 3.02. The summed E-state index contributed by atoms with van der Waals surface area (Å²) in [4.78, 5) is 4.02. The van der Waals surface area contributed by atoms with E-state index in [-0.39, 0.29) is 13.2 Å². The number of imidazole rings is 1. The molecule has 3 rings (SSSR count). The second kappa shape index (κ2) is 8.18.